The van der Waals surface area contributed by atoms with Crippen molar-refractivity contribution in [2.75, 3.05) is 36.0 Å². The van der Waals surface area contributed by atoms with Crippen molar-refractivity contribution >= 4 is 23.2 Å². The lowest BCUT2D eigenvalue weighted by Gasteiger charge is -2.38. The van der Waals surface area contributed by atoms with Crippen molar-refractivity contribution in [1.82, 2.24) is 4.90 Å². The fourth-order valence-electron chi connectivity index (χ4n) is 3.77. The number of piperazine rings is 1. The molecule has 5 nitrogen and oxygen atoms in total. The molecule has 0 bridgehead atoms. The van der Waals surface area contributed by atoms with Crippen LogP contribution in [0.5, 0.6) is 0 Å². The molecule has 2 saturated heterocycles. The second kappa shape index (κ2) is 7.08. The Bertz CT molecular complexity index is 881. The standard InChI is InChI=1S/C20H19F2N3O2/c21-14-5-1-3-7-16(14)23-9-11-24(12-10-23)18-13-19(26)25(20(18)27)17-8-4-2-6-15(17)22/h1-8,18H,9-13H2. The quantitative estimate of drug-likeness (QED) is 0.778. The van der Waals surface area contributed by atoms with Gasteiger partial charge in [-0.2, -0.15) is 0 Å². The van der Waals surface area contributed by atoms with E-state index in [1.807, 2.05) is 9.80 Å². The molecule has 0 N–H and O–H groups in total. The minimum atomic E-state index is -0.597. The molecule has 4 rings (SSSR count). The van der Waals surface area contributed by atoms with Gasteiger partial charge in [0.15, 0.2) is 0 Å². The van der Waals surface area contributed by atoms with Crippen molar-refractivity contribution in [2.45, 2.75) is 12.5 Å². The molecule has 0 aromatic heterocycles. The first-order chi connectivity index (χ1) is 13.1. The first kappa shape index (κ1) is 17.6. The highest BCUT2D eigenvalue weighted by Gasteiger charge is 2.44. The average Bonchev–Trinajstić information content (AvgIpc) is 2.97. The van der Waals surface area contributed by atoms with E-state index in [0.717, 1.165) is 4.90 Å². The monoisotopic (exact) mass is 371 g/mol. The Morgan fingerprint density at radius 2 is 1.33 bits per heavy atom. The highest BCUT2D eigenvalue weighted by atomic mass is 19.1. The molecule has 27 heavy (non-hydrogen) atoms. The Morgan fingerprint density at radius 1 is 0.778 bits per heavy atom. The number of benzene rings is 2. The molecule has 2 aliphatic rings. The van der Waals surface area contributed by atoms with E-state index in [-0.39, 0.29) is 17.9 Å². The van der Waals surface area contributed by atoms with E-state index in [9.17, 15) is 18.4 Å². The van der Waals surface area contributed by atoms with E-state index >= 15 is 0 Å². The number of anilines is 2. The maximum atomic E-state index is 14.0. The smallest absolute Gasteiger partial charge is 0.251 e. The van der Waals surface area contributed by atoms with Gasteiger partial charge in [-0.1, -0.05) is 24.3 Å². The number of carbonyl (C=O) groups excluding carboxylic acids is 2. The van der Waals surface area contributed by atoms with Crippen LogP contribution in [0.15, 0.2) is 48.5 Å². The van der Waals surface area contributed by atoms with Crippen molar-refractivity contribution < 1.29 is 18.4 Å². The van der Waals surface area contributed by atoms with Gasteiger partial charge in [-0.25, -0.2) is 13.7 Å². The predicted octanol–water partition coefficient (Wildman–Crippen LogP) is 2.42. The zero-order valence-corrected chi connectivity index (χ0v) is 14.6. The van der Waals surface area contributed by atoms with Crippen molar-refractivity contribution in [3.63, 3.8) is 0 Å². The molecule has 2 aliphatic heterocycles. The number of rotatable bonds is 3. The molecule has 2 aromatic carbocycles. The number of hydrogen-bond acceptors (Lipinski definition) is 4. The van der Waals surface area contributed by atoms with Crippen LogP contribution in [0.3, 0.4) is 0 Å². The van der Waals surface area contributed by atoms with Crippen LogP contribution >= 0.6 is 0 Å². The van der Waals surface area contributed by atoms with E-state index in [4.69, 9.17) is 0 Å². The zero-order valence-electron chi connectivity index (χ0n) is 14.6. The number of carbonyl (C=O) groups is 2. The second-order valence-electron chi connectivity index (χ2n) is 6.71. The molecule has 0 radical (unpaired) electrons. The van der Waals surface area contributed by atoms with Gasteiger partial charge >= 0.3 is 0 Å². The highest BCUT2D eigenvalue weighted by molar-refractivity contribution is 6.22. The zero-order chi connectivity index (χ0) is 19.0. The van der Waals surface area contributed by atoms with Crippen molar-refractivity contribution in [3.05, 3.63) is 60.2 Å². The lowest BCUT2D eigenvalue weighted by Crippen LogP contribution is -2.52. The summed E-state index contributed by atoms with van der Waals surface area (Å²) < 4.78 is 28.0. The second-order valence-corrected chi connectivity index (χ2v) is 6.71. The van der Waals surface area contributed by atoms with Gasteiger partial charge in [-0.05, 0) is 24.3 Å². The van der Waals surface area contributed by atoms with E-state index in [1.165, 1.54) is 24.3 Å². The lowest BCUT2D eigenvalue weighted by atomic mass is 10.1. The summed E-state index contributed by atoms with van der Waals surface area (Å²) in [6.07, 6.45) is 0.0346. The van der Waals surface area contributed by atoms with Crippen LogP contribution in [-0.4, -0.2) is 48.9 Å². The Balaban J connectivity index is 1.46. The summed E-state index contributed by atoms with van der Waals surface area (Å²) in [5, 5.41) is 0. The summed E-state index contributed by atoms with van der Waals surface area (Å²) in [5.41, 5.74) is 0.541. The molecule has 0 aliphatic carbocycles. The third-order valence-corrected chi connectivity index (χ3v) is 5.16. The number of amides is 2. The van der Waals surface area contributed by atoms with Crippen molar-refractivity contribution in [2.24, 2.45) is 0 Å². The first-order valence-electron chi connectivity index (χ1n) is 8.91. The van der Waals surface area contributed by atoms with Crippen molar-refractivity contribution in [1.29, 1.82) is 0 Å². The van der Waals surface area contributed by atoms with Gasteiger partial charge in [0.25, 0.3) is 5.91 Å². The highest BCUT2D eigenvalue weighted by Crippen LogP contribution is 2.29. The summed E-state index contributed by atoms with van der Waals surface area (Å²) in [7, 11) is 0. The Labute approximate surface area is 155 Å². The number of imide groups is 1. The molecule has 0 spiro atoms. The number of halogens is 2. The van der Waals surface area contributed by atoms with Gasteiger partial charge in [0.1, 0.15) is 11.6 Å². The van der Waals surface area contributed by atoms with E-state index in [0.29, 0.717) is 31.9 Å². The molecule has 2 heterocycles. The molecule has 2 amide bonds. The van der Waals surface area contributed by atoms with Gasteiger partial charge in [0, 0.05) is 26.2 Å². The van der Waals surface area contributed by atoms with Gasteiger partial charge in [-0.3, -0.25) is 14.5 Å². The predicted molar refractivity (Wildman–Crippen MR) is 97.5 cm³/mol. The fraction of sp³-hybridized carbons (Fsp3) is 0.300. The first-order valence-corrected chi connectivity index (χ1v) is 8.91. The summed E-state index contributed by atoms with van der Waals surface area (Å²) in [6.45, 7) is 2.17. The lowest BCUT2D eigenvalue weighted by molar-refractivity contribution is -0.123. The summed E-state index contributed by atoms with van der Waals surface area (Å²) in [6, 6.07) is 11.8. The van der Waals surface area contributed by atoms with Crippen LogP contribution in [0.4, 0.5) is 20.2 Å². The van der Waals surface area contributed by atoms with Crippen LogP contribution < -0.4 is 9.80 Å². The minimum absolute atomic E-state index is 0.00000685. The molecular weight excluding hydrogens is 352 g/mol. The summed E-state index contributed by atoms with van der Waals surface area (Å²) in [5.74, 6) is -1.66. The van der Waals surface area contributed by atoms with E-state index in [2.05, 4.69) is 0 Å². The Hall–Kier alpha value is -2.80. The molecule has 0 saturated carbocycles. The Morgan fingerprint density at radius 3 is 1.93 bits per heavy atom. The molecule has 2 aromatic rings. The largest absolute Gasteiger partial charge is 0.367 e. The SMILES string of the molecule is O=C1CC(N2CCN(c3ccccc3F)CC2)C(=O)N1c1ccccc1F. The van der Waals surface area contributed by atoms with E-state index in [1.54, 1.807) is 24.3 Å². The van der Waals surface area contributed by atoms with E-state index < -0.39 is 23.7 Å². The molecule has 1 unspecified atom stereocenters. The average molecular weight is 371 g/mol. The molecule has 2 fully saturated rings. The fourth-order valence-corrected chi connectivity index (χ4v) is 3.77. The van der Waals surface area contributed by atoms with Crippen LogP contribution in [0.2, 0.25) is 0 Å². The van der Waals surface area contributed by atoms with Crippen molar-refractivity contribution in [3.8, 4) is 0 Å². The Kier molecular flexibility index (Phi) is 4.61. The third-order valence-electron chi connectivity index (χ3n) is 5.16. The van der Waals surface area contributed by atoms with Crippen LogP contribution in [0.1, 0.15) is 6.42 Å². The molecule has 1 atom stereocenters. The maximum Gasteiger partial charge on any atom is 0.251 e. The summed E-state index contributed by atoms with van der Waals surface area (Å²) >= 11 is 0. The maximum absolute atomic E-state index is 14.0. The van der Waals surface area contributed by atoms with Crippen LogP contribution in [0, 0.1) is 11.6 Å². The molecule has 140 valence electrons. The number of hydrogen-bond donors (Lipinski definition) is 0. The topological polar surface area (TPSA) is 43.9 Å². The number of para-hydroxylation sites is 2. The van der Waals surface area contributed by atoms with Gasteiger partial charge in [0.2, 0.25) is 5.91 Å². The van der Waals surface area contributed by atoms with Gasteiger partial charge < -0.3 is 4.90 Å². The minimum Gasteiger partial charge on any atom is -0.367 e. The number of nitrogens with zero attached hydrogens (tertiary/aromatic N) is 3. The van der Waals surface area contributed by atoms with Crippen LogP contribution in [-0.2, 0) is 9.59 Å². The van der Waals surface area contributed by atoms with Gasteiger partial charge in [-0.15, -0.1) is 0 Å². The molecule has 7 heteroatoms. The van der Waals surface area contributed by atoms with Gasteiger partial charge in [0.05, 0.1) is 23.8 Å². The molecular formula is C20H19F2N3O2. The summed E-state index contributed by atoms with van der Waals surface area (Å²) in [4.78, 5) is 30.0. The third kappa shape index (κ3) is 3.19. The van der Waals surface area contributed by atoms with Crippen LogP contribution in [0.25, 0.3) is 0 Å². The normalized spacial score (nSPS) is 21.2.